The van der Waals surface area contributed by atoms with Crippen LogP contribution in [-0.2, 0) is 6.54 Å². The van der Waals surface area contributed by atoms with Crippen LogP contribution in [-0.4, -0.2) is 21.1 Å². The van der Waals surface area contributed by atoms with E-state index in [1.165, 1.54) is 9.14 Å². The summed E-state index contributed by atoms with van der Waals surface area (Å²) in [5.74, 6) is 0. The Morgan fingerprint density at radius 2 is 1.83 bits per heavy atom. The number of hydrogen-bond donors (Lipinski definition) is 1. The molecule has 1 rings (SSSR count). The molecule has 0 aromatic heterocycles. The predicted molar refractivity (Wildman–Crippen MR) is 45.6 cm³/mol. The van der Waals surface area contributed by atoms with Crippen molar-refractivity contribution < 1.29 is 34.0 Å². The van der Waals surface area contributed by atoms with Crippen molar-refractivity contribution >= 4 is 24.7 Å². The van der Waals surface area contributed by atoms with E-state index in [0.717, 1.165) is 0 Å². The zero-order valence-electron chi connectivity index (χ0n) is 6.85. The molecule has 0 atom stereocenters. The van der Waals surface area contributed by atoms with Gasteiger partial charge in [0.15, 0.2) is 0 Å². The summed E-state index contributed by atoms with van der Waals surface area (Å²) in [6.45, 7) is 0.699. The van der Waals surface area contributed by atoms with Crippen molar-refractivity contribution in [2.75, 3.05) is 0 Å². The first-order chi connectivity index (χ1) is 4.88. The van der Waals surface area contributed by atoms with Crippen LogP contribution < -0.4 is 43.3 Å². The van der Waals surface area contributed by atoms with Crippen molar-refractivity contribution in [3.05, 3.63) is 29.8 Å². The molecule has 12 heavy (non-hydrogen) atoms. The fourth-order valence-corrected chi connectivity index (χ4v) is 3.14. The molecule has 0 heterocycles. The molecule has 0 bridgehead atoms. The fraction of sp³-hybridized carbons (Fsp3) is 0.250. The van der Waals surface area contributed by atoms with Crippen LogP contribution in [0.25, 0.3) is 0 Å². The molecule has 1 aromatic rings. The van der Waals surface area contributed by atoms with E-state index in [-0.39, 0.29) is 55.1 Å². The van der Waals surface area contributed by atoms with Gasteiger partial charge in [-0.25, -0.2) is 0 Å². The molecule has 0 spiro atoms. The van der Waals surface area contributed by atoms with Crippen LogP contribution in [0.15, 0.2) is 24.3 Å². The third-order valence-electron chi connectivity index (χ3n) is 1.51. The molecule has 4 heteroatoms. The summed E-state index contributed by atoms with van der Waals surface area (Å²) >= 11 is -0.276. The first kappa shape index (κ1) is 15.4. The van der Waals surface area contributed by atoms with E-state index < -0.39 is 0 Å². The summed E-state index contributed by atoms with van der Waals surface area (Å²) in [7, 11) is 0. The number of hydrogen-bond acceptors (Lipinski definition) is 1. The van der Waals surface area contributed by atoms with E-state index >= 15 is 0 Å². The molecule has 0 aliphatic rings. The summed E-state index contributed by atoms with van der Waals surface area (Å²) in [5, 5.41) is 0. The number of rotatable bonds is 2. The van der Waals surface area contributed by atoms with E-state index in [1.54, 1.807) is 0 Å². The van der Waals surface area contributed by atoms with Gasteiger partial charge in [0.25, 0.3) is 0 Å². The Kier molecular flexibility index (Phi) is 11.0. The van der Waals surface area contributed by atoms with E-state index in [4.69, 9.17) is 5.73 Å². The Bertz CT molecular complexity index is 195. The first-order valence-electron chi connectivity index (χ1n) is 3.34. The summed E-state index contributed by atoms with van der Waals surface area (Å²) in [5.41, 5.74) is 6.90. The number of halogens is 2. The van der Waals surface area contributed by atoms with Gasteiger partial charge >= 0.3 is 71.8 Å². The Labute approximate surface area is 105 Å². The minimum absolute atomic E-state index is 0. The van der Waals surface area contributed by atoms with Crippen molar-refractivity contribution in [1.82, 2.24) is 0 Å². The summed E-state index contributed by atoms with van der Waals surface area (Å²) in [4.78, 5) is 2.32. The molecule has 66 valence electrons. The van der Waals surface area contributed by atoms with Crippen molar-refractivity contribution in [2.24, 2.45) is 5.73 Å². The number of benzene rings is 1. The minimum atomic E-state index is -0.276. The molecule has 0 radical (unpaired) electrons. The van der Waals surface area contributed by atoms with Gasteiger partial charge in [0.1, 0.15) is 0 Å². The Hall–Kier alpha value is 0.939. The molecular formula is C8H11Br2NSn. The van der Waals surface area contributed by atoms with E-state index in [2.05, 4.69) is 29.2 Å². The van der Waals surface area contributed by atoms with Crippen molar-refractivity contribution in [1.29, 1.82) is 0 Å². The summed E-state index contributed by atoms with van der Waals surface area (Å²) in [6.07, 6.45) is 0. The number of nitrogens with two attached hydrogens (primary N) is 1. The molecule has 1 aromatic carbocycles. The van der Waals surface area contributed by atoms with Crippen molar-refractivity contribution in [3.8, 4) is 0 Å². The van der Waals surface area contributed by atoms with Gasteiger partial charge in [-0.1, -0.05) is 0 Å². The molecule has 0 fully saturated rings. The Balaban J connectivity index is 0. The molecule has 0 aliphatic heterocycles. The molecule has 0 saturated carbocycles. The van der Waals surface area contributed by atoms with Gasteiger partial charge in [-0.2, -0.15) is 0 Å². The standard InChI is InChI=1S/C7H8N.CH3.2BrH.Sn/c8-6-7-4-2-1-3-5-7;;;;/h1-4H,6,8H2;1H3;2*1H;/q;;;;+2/p-2. The molecule has 0 aliphatic carbocycles. The maximum atomic E-state index is 5.55. The predicted octanol–water partition coefficient (Wildman–Crippen LogP) is -5.47. The van der Waals surface area contributed by atoms with Gasteiger partial charge in [-0.15, -0.1) is 0 Å². The SMILES string of the molecule is [Br-].[Br-].[CH3][Sn+2][c]1ccccc1CN. The average Bonchev–Trinajstić information content (AvgIpc) is 2.04. The molecule has 0 unspecified atom stereocenters. The van der Waals surface area contributed by atoms with Crippen molar-refractivity contribution in [2.45, 2.75) is 11.5 Å². The molecule has 0 saturated heterocycles. The monoisotopic (exact) mass is 399 g/mol. The second-order valence-corrected chi connectivity index (χ2v) is 5.08. The molecular weight excluding hydrogens is 389 g/mol. The van der Waals surface area contributed by atoms with Crippen LogP contribution in [0.5, 0.6) is 0 Å². The van der Waals surface area contributed by atoms with Crippen LogP contribution in [0.3, 0.4) is 0 Å². The van der Waals surface area contributed by atoms with Crippen LogP contribution >= 0.6 is 0 Å². The van der Waals surface area contributed by atoms with Crippen LogP contribution in [0.2, 0.25) is 4.94 Å². The Morgan fingerprint density at radius 3 is 2.25 bits per heavy atom. The first-order valence-corrected chi connectivity index (χ1v) is 7.62. The third kappa shape index (κ3) is 4.25. The maximum absolute atomic E-state index is 5.55. The molecule has 2 N–H and O–H groups in total. The second-order valence-electron chi connectivity index (χ2n) is 2.11. The topological polar surface area (TPSA) is 26.0 Å². The van der Waals surface area contributed by atoms with E-state index in [1.807, 2.05) is 0 Å². The normalized spacial score (nSPS) is 7.50. The van der Waals surface area contributed by atoms with Crippen LogP contribution in [0, 0.1) is 0 Å². The molecule has 0 amide bonds. The van der Waals surface area contributed by atoms with Crippen molar-refractivity contribution in [3.63, 3.8) is 0 Å². The summed E-state index contributed by atoms with van der Waals surface area (Å²) in [6, 6.07) is 8.48. The Morgan fingerprint density at radius 1 is 1.25 bits per heavy atom. The quantitative estimate of drug-likeness (QED) is 0.494. The van der Waals surface area contributed by atoms with Gasteiger partial charge in [0, 0.05) is 0 Å². The van der Waals surface area contributed by atoms with Gasteiger partial charge < -0.3 is 34.0 Å². The second kappa shape index (κ2) is 8.53. The van der Waals surface area contributed by atoms with Crippen LogP contribution in [0.1, 0.15) is 5.56 Å². The third-order valence-corrected chi connectivity index (χ3v) is 4.44. The average molecular weight is 400 g/mol. The zero-order chi connectivity index (χ0) is 7.40. The van der Waals surface area contributed by atoms with Gasteiger partial charge in [0.2, 0.25) is 0 Å². The van der Waals surface area contributed by atoms with E-state index in [0.29, 0.717) is 6.54 Å². The molecule has 1 nitrogen and oxygen atoms in total. The van der Waals surface area contributed by atoms with Gasteiger partial charge in [0.05, 0.1) is 0 Å². The zero-order valence-corrected chi connectivity index (χ0v) is 12.9. The van der Waals surface area contributed by atoms with Crippen LogP contribution in [0.4, 0.5) is 0 Å². The van der Waals surface area contributed by atoms with Gasteiger partial charge in [-0.3, -0.25) is 0 Å². The van der Waals surface area contributed by atoms with Gasteiger partial charge in [-0.05, 0) is 0 Å². The fourth-order valence-electron chi connectivity index (χ4n) is 0.942. The summed E-state index contributed by atoms with van der Waals surface area (Å²) < 4.78 is 1.54. The van der Waals surface area contributed by atoms with E-state index in [9.17, 15) is 0 Å².